The summed E-state index contributed by atoms with van der Waals surface area (Å²) >= 11 is 5.93. The predicted octanol–water partition coefficient (Wildman–Crippen LogP) is 0.573. The van der Waals surface area contributed by atoms with Gasteiger partial charge in [0.25, 0.3) is 5.91 Å². The zero-order chi connectivity index (χ0) is 16.6. The van der Waals surface area contributed by atoms with Gasteiger partial charge in [-0.05, 0) is 11.6 Å². The van der Waals surface area contributed by atoms with Gasteiger partial charge >= 0.3 is 0 Å². The van der Waals surface area contributed by atoms with Crippen molar-refractivity contribution in [3.05, 3.63) is 23.6 Å². The molecule has 0 atom stereocenters. The fraction of sp³-hybridized carbons (Fsp3) is 0.417. The second kappa shape index (κ2) is 9.11. The lowest BCUT2D eigenvalue weighted by atomic mass is 10.3. The van der Waals surface area contributed by atoms with Crippen LogP contribution in [-0.4, -0.2) is 40.5 Å². The highest BCUT2D eigenvalue weighted by Crippen LogP contribution is 2.23. The average Bonchev–Trinajstić information content (AvgIpc) is 2.84. The lowest BCUT2D eigenvalue weighted by Crippen LogP contribution is -2.36. The number of hydrazine groups is 1. The van der Waals surface area contributed by atoms with Crippen molar-refractivity contribution in [1.82, 2.24) is 14.5 Å². The van der Waals surface area contributed by atoms with E-state index in [4.69, 9.17) is 23.2 Å². The molecule has 0 saturated heterocycles. The third kappa shape index (κ3) is 4.28. The summed E-state index contributed by atoms with van der Waals surface area (Å²) < 4.78 is 1.39. The molecule has 0 aromatic carbocycles. The van der Waals surface area contributed by atoms with Gasteiger partial charge < -0.3 is 15.2 Å². The van der Waals surface area contributed by atoms with Gasteiger partial charge in [-0.3, -0.25) is 9.59 Å². The van der Waals surface area contributed by atoms with Crippen molar-refractivity contribution in [3.8, 4) is 0 Å². The molecular weight excluding hydrogens is 296 g/mol. The maximum absolute atomic E-state index is 12.2. The van der Waals surface area contributed by atoms with Crippen molar-refractivity contribution >= 4 is 29.7 Å². The first-order valence-corrected chi connectivity index (χ1v) is 6.67. The van der Waals surface area contributed by atoms with E-state index in [2.05, 4.69) is 11.6 Å². The Hall–Kier alpha value is -1.90. The zero-order valence-corrected chi connectivity index (χ0v) is 13.2. The molecule has 0 spiro atoms. The minimum atomic E-state index is -0.448. The van der Waals surface area contributed by atoms with Crippen LogP contribution in [0.25, 0.3) is 0 Å². The van der Waals surface area contributed by atoms with Crippen molar-refractivity contribution < 1.29 is 9.59 Å². The number of anilines is 1. The highest BCUT2D eigenvalue weighted by atomic mass is 35.5. The molecule has 0 unspecified atom stereocenters. The van der Waals surface area contributed by atoms with Crippen molar-refractivity contribution in [3.63, 3.8) is 0 Å². The molecule has 0 aliphatic heterocycles. The molecule has 4 N–H and O–H groups in total. The Kier molecular flexibility index (Phi) is 8.29. The van der Waals surface area contributed by atoms with Gasteiger partial charge in [-0.2, -0.15) is 4.98 Å². The van der Waals surface area contributed by atoms with E-state index in [9.17, 15) is 9.59 Å². The van der Waals surface area contributed by atoms with Crippen LogP contribution in [0.1, 0.15) is 24.3 Å². The quantitative estimate of drug-likeness (QED) is 0.199. The molecule has 0 fully saturated rings. The molecule has 8 nitrogen and oxygen atoms in total. The summed E-state index contributed by atoms with van der Waals surface area (Å²) in [5.74, 6) is 4.97. The molecule has 21 heavy (non-hydrogen) atoms. The summed E-state index contributed by atoms with van der Waals surface area (Å²) in [5.41, 5.74) is 5.48. The number of carbonyl (C=O) groups excluding carboxylic acids is 2. The van der Waals surface area contributed by atoms with E-state index in [0.717, 1.165) is 0 Å². The van der Waals surface area contributed by atoms with Crippen molar-refractivity contribution in [2.45, 2.75) is 20.4 Å². The predicted molar refractivity (Wildman–Crippen MR) is 82.7 cm³/mol. The Morgan fingerprint density at radius 1 is 1.52 bits per heavy atom. The smallest absolute Gasteiger partial charge is 0.275 e. The van der Waals surface area contributed by atoms with Crippen LogP contribution in [0.2, 0.25) is 5.28 Å². The third-order valence-electron chi connectivity index (χ3n) is 2.40. The summed E-state index contributed by atoms with van der Waals surface area (Å²) in [6, 6.07) is 0. The minimum Gasteiger partial charge on any atom is -0.328 e. The van der Waals surface area contributed by atoms with E-state index < -0.39 is 5.91 Å². The highest BCUT2D eigenvalue weighted by molar-refractivity contribution is 6.29. The number of aromatic nitrogens is 2. The summed E-state index contributed by atoms with van der Waals surface area (Å²) in [6.45, 7) is 7.81. The van der Waals surface area contributed by atoms with E-state index in [1.165, 1.54) is 16.5 Å². The van der Waals surface area contributed by atoms with Crippen LogP contribution < -0.4 is 16.6 Å². The topological polar surface area (TPSA) is 110 Å². The Labute approximate surface area is 128 Å². The van der Waals surface area contributed by atoms with Crippen molar-refractivity contribution in [2.75, 3.05) is 18.7 Å². The van der Waals surface area contributed by atoms with Gasteiger partial charge in [0, 0.05) is 13.6 Å². The molecule has 2 amide bonds. The number of carbonyl (C=O) groups is 2. The second-order valence-corrected chi connectivity index (χ2v) is 3.99. The minimum absolute atomic E-state index is 0.000816. The van der Waals surface area contributed by atoms with Crippen LogP contribution in [0.4, 0.5) is 5.82 Å². The van der Waals surface area contributed by atoms with E-state index >= 15 is 0 Å². The molecule has 0 aliphatic rings. The van der Waals surface area contributed by atoms with Crippen LogP contribution in [-0.2, 0) is 11.3 Å². The monoisotopic (exact) mass is 316 g/mol. The van der Waals surface area contributed by atoms with Crippen molar-refractivity contribution in [2.24, 2.45) is 11.6 Å². The largest absolute Gasteiger partial charge is 0.328 e. The number of amides is 2. The van der Waals surface area contributed by atoms with Gasteiger partial charge in [-0.15, -0.1) is 6.58 Å². The molecule has 1 aromatic rings. The number of nitrogens with two attached hydrogens (primary N) is 2. The van der Waals surface area contributed by atoms with E-state index in [0.29, 0.717) is 11.4 Å². The van der Waals surface area contributed by atoms with E-state index in [-0.39, 0.29) is 30.0 Å². The molecule has 0 radical (unpaired) electrons. The molecule has 1 aromatic heterocycles. The fourth-order valence-electron chi connectivity index (χ4n) is 1.41. The van der Waals surface area contributed by atoms with Gasteiger partial charge in [0.05, 0.1) is 6.67 Å². The summed E-state index contributed by atoms with van der Waals surface area (Å²) in [5, 5.41) is 0.712. The fourth-order valence-corrected chi connectivity index (χ4v) is 1.65. The second-order valence-electron chi connectivity index (χ2n) is 3.65. The lowest BCUT2D eigenvalue weighted by Gasteiger charge is -2.17. The molecule has 0 aliphatic carbocycles. The van der Waals surface area contributed by atoms with Crippen LogP contribution in [0.5, 0.6) is 0 Å². The molecule has 1 heterocycles. The number of nitrogens with zero attached hydrogens (tertiary/aromatic N) is 4. The van der Waals surface area contributed by atoms with Gasteiger partial charge in [0.2, 0.25) is 11.7 Å². The summed E-state index contributed by atoms with van der Waals surface area (Å²) in [6.07, 6.45) is 1.87. The van der Waals surface area contributed by atoms with Gasteiger partial charge in [0.15, 0.2) is 11.5 Å². The number of imidazole rings is 1. The SMILES string of the molecule is C=CCn1c(Cl)nc(N(N)C=O)c1C(=O)N(C)CN.CC. The lowest BCUT2D eigenvalue weighted by molar-refractivity contribution is -0.107. The van der Waals surface area contributed by atoms with Crippen LogP contribution in [0.15, 0.2) is 12.7 Å². The molecule has 118 valence electrons. The number of halogens is 1. The summed E-state index contributed by atoms with van der Waals surface area (Å²) in [4.78, 5) is 28.1. The van der Waals surface area contributed by atoms with Gasteiger partial charge in [0.1, 0.15) is 0 Å². The molecule has 1 rings (SSSR count). The van der Waals surface area contributed by atoms with Gasteiger partial charge in [-0.1, -0.05) is 19.9 Å². The Bertz CT molecular complexity index is 502. The Morgan fingerprint density at radius 3 is 2.52 bits per heavy atom. The normalized spacial score (nSPS) is 9.43. The number of rotatable bonds is 6. The van der Waals surface area contributed by atoms with Gasteiger partial charge in [-0.25, -0.2) is 10.9 Å². The first kappa shape index (κ1) is 19.1. The first-order chi connectivity index (χ1) is 9.97. The molecule has 0 bridgehead atoms. The molecule has 0 saturated carbocycles. The maximum Gasteiger partial charge on any atom is 0.275 e. The standard InChI is InChI=1S/C10H15ClN6O2.C2H6/c1-3-4-16-7(9(19)15(2)5-12)8(14-10(16)11)17(13)6-18;1-2/h3,6H,1,4-5,12-13H2,2H3;1-2H3. The first-order valence-electron chi connectivity index (χ1n) is 6.29. The van der Waals surface area contributed by atoms with E-state index in [1.807, 2.05) is 13.8 Å². The van der Waals surface area contributed by atoms with Crippen LogP contribution >= 0.6 is 11.6 Å². The molecular formula is C12H21ClN6O2. The summed E-state index contributed by atoms with van der Waals surface area (Å²) in [7, 11) is 1.51. The number of allylic oxidation sites excluding steroid dienone is 1. The van der Waals surface area contributed by atoms with Crippen molar-refractivity contribution in [1.29, 1.82) is 0 Å². The number of hydrogen-bond donors (Lipinski definition) is 2. The Balaban J connectivity index is 0.00000191. The van der Waals surface area contributed by atoms with E-state index in [1.54, 1.807) is 6.08 Å². The average molecular weight is 317 g/mol. The van der Waals surface area contributed by atoms with Crippen LogP contribution in [0.3, 0.4) is 0 Å². The highest BCUT2D eigenvalue weighted by Gasteiger charge is 2.26. The number of hydrogen-bond acceptors (Lipinski definition) is 5. The Morgan fingerprint density at radius 2 is 2.10 bits per heavy atom. The van der Waals surface area contributed by atoms with Crippen LogP contribution in [0, 0.1) is 0 Å². The molecule has 9 heteroatoms. The zero-order valence-electron chi connectivity index (χ0n) is 12.4. The maximum atomic E-state index is 12.2. The third-order valence-corrected chi connectivity index (χ3v) is 2.68.